The fourth-order valence-corrected chi connectivity index (χ4v) is 1.32. The molecule has 0 aromatic heterocycles. The highest BCUT2D eigenvalue weighted by molar-refractivity contribution is 5.85. The summed E-state index contributed by atoms with van der Waals surface area (Å²) in [5.41, 5.74) is 0.832. The predicted octanol–water partition coefficient (Wildman–Crippen LogP) is 2.53. The molecule has 0 aliphatic heterocycles. The lowest BCUT2D eigenvalue weighted by atomic mass is 10.1. The van der Waals surface area contributed by atoms with E-state index >= 15 is 0 Å². The van der Waals surface area contributed by atoms with Crippen LogP contribution in [0.4, 0.5) is 0 Å². The molecule has 0 saturated heterocycles. The molecule has 0 aliphatic rings. The molecule has 0 atom stereocenters. The number of hydrogen-bond donors (Lipinski definition) is 1. The van der Waals surface area contributed by atoms with Gasteiger partial charge >= 0.3 is 0 Å². The van der Waals surface area contributed by atoms with E-state index in [-0.39, 0.29) is 5.75 Å². The van der Waals surface area contributed by atoms with Gasteiger partial charge in [0.05, 0.1) is 0 Å². The number of aromatic hydroxyl groups is 1. The fraction of sp³-hybridized carbons (Fsp3) is 0. The number of fused-ring (bicyclic) bond motifs is 1. The topological polar surface area (TPSA) is 20.2 Å². The second-order valence-corrected chi connectivity index (χ2v) is 2.89. The fourth-order valence-electron chi connectivity index (χ4n) is 1.32. The van der Waals surface area contributed by atoms with Crippen molar-refractivity contribution in [3.8, 4) is 18.1 Å². The molecule has 0 spiro atoms. The average molecular weight is 168 g/mol. The van der Waals surface area contributed by atoms with E-state index in [1.54, 1.807) is 12.1 Å². The molecule has 0 fully saturated rings. The summed E-state index contributed by atoms with van der Waals surface area (Å²) < 4.78 is 0. The highest BCUT2D eigenvalue weighted by Gasteiger charge is 1.95. The number of terminal acetylenes is 1. The molecule has 0 heterocycles. The normalized spacial score (nSPS) is 9.77. The number of benzene rings is 2. The molecule has 0 amide bonds. The summed E-state index contributed by atoms with van der Waals surface area (Å²) in [6.07, 6.45) is 5.27. The molecule has 2 rings (SSSR count). The first-order valence-corrected chi connectivity index (χ1v) is 3.99. The largest absolute Gasteiger partial charge is 0.508 e. The van der Waals surface area contributed by atoms with Crippen molar-refractivity contribution < 1.29 is 5.11 Å². The number of phenolic OH excluding ortho intramolecular Hbond substituents is 1. The molecule has 1 heteroatoms. The van der Waals surface area contributed by atoms with Gasteiger partial charge in [-0.25, -0.2) is 0 Å². The first-order valence-electron chi connectivity index (χ1n) is 3.99. The summed E-state index contributed by atoms with van der Waals surface area (Å²) in [6, 6.07) is 11.0. The highest BCUT2D eigenvalue weighted by atomic mass is 16.3. The summed E-state index contributed by atoms with van der Waals surface area (Å²) in [5, 5.41) is 11.3. The SMILES string of the molecule is C#Cc1ccc2ccc(O)cc2c1. The Bertz CT molecular complexity index is 492. The van der Waals surface area contributed by atoms with Gasteiger partial charge in [-0.1, -0.05) is 18.1 Å². The van der Waals surface area contributed by atoms with Gasteiger partial charge in [-0.05, 0) is 35.0 Å². The molecule has 1 N–H and O–H groups in total. The minimum absolute atomic E-state index is 0.265. The average Bonchev–Trinajstić information content (AvgIpc) is 2.16. The Hall–Kier alpha value is -1.94. The molecule has 2 aromatic carbocycles. The quantitative estimate of drug-likeness (QED) is 0.599. The number of hydrogen-bond acceptors (Lipinski definition) is 1. The van der Waals surface area contributed by atoms with Crippen molar-refractivity contribution in [2.45, 2.75) is 0 Å². The van der Waals surface area contributed by atoms with Crippen molar-refractivity contribution in [1.29, 1.82) is 0 Å². The zero-order valence-corrected chi connectivity index (χ0v) is 6.99. The van der Waals surface area contributed by atoms with Gasteiger partial charge in [0.2, 0.25) is 0 Å². The maximum absolute atomic E-state index is 9.24. The van der Waals surface area contributed by atoms with Crippen LogP contribution in [0.15, 0.2) is 36.4 Å². The van der Waals surface area contributed by atoms with Crippen molar-refractivity contribution in [3.05, 3.63) is 42.0 Å². The van der Waals surface area contributed by atoms with Gasteiger partial charge < -0.3 is 5.11 Å². The maximum Gasteiger partial charge on any atom is 0.116 e. The summed E-state index contributed by atoms with van der Waals surface area (Å²) in [4.78, 5) is 0. The molecule has 0 unspecified atom stereocenters. The Morgan fingerprint density at radius 2 is 1.77 bits per heavy atom. The van der Waals surface area contributed by atoms with Gasteiger partial charge in [-0.2, -0.15) is 0 Å². The summed E-state index contributed by atoms with van der Waals surface area (Å²) in [5.74, 6) is 2.82. The van der Waals surface area contributed by atoms with Crippen LogP contribution >= 0.6 is 0 Å². The van der Waals surface area contributed by atoms with Gasteiger partial charge in [0.1, 0.15) is 5.75 Å². The van der Waals surface area contributed by atoms with Crippen LogP contribution in [0.1, 0.15) is 5.56 Å². The first-order chi connectivity index (χ1) is 6.29. The first kappa shape index (κ1) is 7.70. The molecule has 0 radical (unpaired) electrons. The minimum atomic E-state index is 0.265. The van der Waals surface area contributed by atoms with E-state index in [1.807, 2.05) is 24.3 Å². The molecule has 0 aliphatic carbocycles. The zero-order valence-electron chi connectivity index (χ0n) is 6.99. The second kappa shape index (κ2) is 2.84. The summed E-state index contributed by atoms with van der Waals surface area (Å²) in [7, 11) is 0. The Labute approximate surface area is 76.6 Å². The van der Waals surface area contributed by atoms with Crippen LogP contribution in [-0.2, 0) is 0 Å². The van der Waals surface area contributed by atoms with E-state index in [2.05, 4.69) is 5.92 Å². The Kier molecular flexibility index (Phi) is 1.68. The van der Waals surface area contributed by atoms with E-state index in [4.69, 9.17) is 6.42 Å². The minimum Gasteiger partial charge on any atom is -0.508 e. The van der Waals surface area contributed by atoms with E-state index in [0.717, 1.165) is 16.3 Å². The summed E-state index contributed by atoms with van der Waals surface area (Å²) >= 11 is 0. The molecular formula is C12H8O. The van der Waals surface area contributed by atoms with Crippen LogP contribution in [-0.4, -0.2) is 5.11 Å². The lowest BCUT2D eigenvalue weighted by Crippen LogP contribution is -1.75. The van der Waals surface area contributed by atoms with Crippen LogP contribution in [0.5, 0.6) is 5.75 Å². The Balaban J connectivity index is 2.77. The Morgan fingerprint density at radius 3 is 2.54 bits per heavy atom. The third kappa shape index (κ3) is 1.34. The van der Waals surface area contributed by atoms with Gasteiger partial charge in [0.15, 0.2) is 0 Å². The number of rotatable bonds is 0. The van der Waals surface area contributed by atoms with Gasteiger partial charge in [-0.15, -0.1) is 6.42 Å². The smallest absolute Gasteiger partial charge is 0.116 e. The second-order valence-electron chi connectivity index (χ2n) is 2.89. The van der Waals surface area contributed by atoms with Crippen molar-refractivity contribution >= 4 is 10.8 Å². The van der Waals surface area contributed by atoms with Crippen LogP contribution in [0.3, 0.4) is 0 Å². The van der Waals surface area contributed by atoms with Crippen molar-refractivity contribution in [3.63, 3.8) is 0 Å². The standard InChI is InChI=1S/C12H8O/c1-2-9-3-4-10-5-6-12(13)8-11(10)7-9/h1,3-8,13H. The molecule has 1 nitrogen and oxygen atoms in total. The molecular weight excluding hydrogens is 160 g/mol. The van der Waals surface area contributed by atoms with Gasteiger partial charge in [0, 0.05) is 5.56 Å². The van der Waals surface area contributed by atoms with E-state index in [0.29, 0.717) is 0 Å². The van der Waals surface area contributed by atoms with Crippen LogP contribution < -0.4 is 0 Å². The molecule has 13 heavy (non-hydrogen) atoms. The van der Waals surface area contributed by atoms with Crippen molar-refractivity contribution in [1.82, 2.24) is 0 Å². The van der Waals surface area contributed by atoms with Gasteiger partial charge in [-0.3, -0.25) is 0 Å². The van der Waals surface area contributed by atoms with E-state index < -0.39 is 0 Å². The molecule has 2 aromatic rings. The predicted molar refractivity (Wildman–Crippen MR) is 53.5 cm³/mol. The zero-order chi connectivity index (χ0) is 9.26. The van der Waals surface area contributed by atoms with Crippen LogP contribution in [0.25, 0.3) is 10.8 Å². The highest BCUT2D eigenvalue weighted by Crippen LogP contribution is 2.20. The van der Waals surface area contributed by atoms with Crippen molar-refractivity contribution in [2.75, 3.05) is 0 Å². The summed E-state index contributed by atoms with van der Waals surface area (Å²) in [6.45, 7) is 0. The van der Waals surface area contributed by atoms with Crippen LogP contribution in [0, 0.1) is 12.3 Å². The lowest BCUT2D eigenvalue weighted by Gasteiger charge is -1.98. The lowest BCUT2D eigenvalue weighted by molar-refractivity contribution is 0.476. The maximum atomic E-state index is 9.24. The number of phenols is 1. The van der Waals surface area contributed by atoms with Crippen LogP contribution in [0.2, 0.25) is 0 Å². The third-order valence-corrected chi connectivity index (χ3v) is 1.99. The monoisotopic (exact) mass is 168 g/mol. The van der Waals surface area contributed by atoms with E-state index in [1.165, 1.54) is 0 Å². The van der Waals surface area contributed by atoms with E-state index in [9.17, 15) is 5.11 Å². The molecule has 62 valence electrons. The molecule has 0 bridgehead atoms. The third-order valence-electron chi connectivity index (χ3n) is 1.99. The van der Waals surface area contributed by atoms with Crippen molar-refractivity contribution in [2.24, 2.45) is 0 Å². The Morgan fingerprint density at radius 1 is 1.00 bits per heavy atom. The van der Waals surface area contributed by atoms with Gasteiger partial charge in [0.25, 0.3) is 0 Å². The molecule has 0 saturated carbocycles.